The fourth-order valence-corrected chi connectivity index (χ4v) is 1.45. The van der Waals surface area contributed by atoms with Gasteiger partial charge in [0.25, 0.3) is 0 Å². The number of rotatable bonds is 2. The van der Waals surface area contributed by atoms with Crippen LogP contribution in [-0.2, 0) is 11.5 Å². The Morgan fingerprint density at radius 3 is 2.70 bits per heavy atom. The van der Waals surface area contributed by atoms with Crippen molar-refractivity contribution in [2.24, 2.45) is 0 Å². The SMILES string of the molecule is COCn1nc(Br)nc1Br. The molecule has 0 bridgehead atoms. The van der Waals surface area contributed by atoms with Crippen LogP contribution >= 0.6 is 31.9 Å². The lowest BCUT2D eigenvalue weighted by Crippen LogP contribution is -2.01. The number of aromatic nitrogens is 3. The van der Waals surface area contributed by atoms with Crippen LogP contribution < -0.4 is 0 Å². The topological polar surface area (TPSA) is 39.9 Å². The van der Waals surface area contributed by atoms with Gasteiger partial charge in [0.05, 0.1) is 0 Å². The normalized spacial score (nSPS) is 10.3. The number of nitrogens with zero attached hydrogens (tertiary/aromatic N) is 3. The van der Waals surface area contributed by atoms with E-state index in [0.29, 0.717) is 16.2 Å². The van der Waals surface area contributed by atoms with E-state index in [2.05, 4.69) is 41.9 Å². The van der Waals surface area contributed by atoms with E-state index in [0.717, 1.165) is 0 Å². The highest BCUT2D eigenvalue weighted by atomic mass is 79.9. The summed E-state index contributed by atoms with van der Waals surface area (Å²) in [6.45, 7) is 0.402. The van der Waals surface area contributed by atoms with Crippen molar-refractivity contribution in [1.29, 1.82) is 0 Å². The molecule has 0 N–H and O–H groups in total. The smallest absolute Gasteiger partial charge is 0.218 e. The van der Waals surface area contributed by atoms with E-state index in [1.807, 2.05) is 0 Å². The molecule has 0 fully saturated rings. The summed E-state index contributed by atoms with van der Waals surface area (Å²) in [5.41, 5.74) is 0. The third kappa shape index (κ3) is 1.77. The molecule has 0 atom stereocenters. The third-order valence-corrected chi connectivity index (χ3v) is 1.77. The van der Waals surface area contributed by atoms with Crippen molar-refractivity contribution in [1.82, 2.24) is 14.8 Å². The Labute approximate surface area is 74.8 Å². The number of hydrogen-bond acceptors (Lipinski definition) is 3. The molecule has 1 aromatic heterocycles. The fourth-order valence-electron chi connectivity index (χ4n) is 0.501. The molecule has 0 amide bonds. The van der Waals surface area contributed by atoms with Crippen LogP contribution in [0.2, 0.25) is 0 Å². The Morgan fingerprint density at radius 2 is 2.30 bits per heavy atom. The maximum absolute atomic E-state index is 4.83. The van der Waals surface area contributed by atoms with Crippen molar-refractivity contribution >= 4 is 31.9 Å². The summed E-state index contributed by atoms with van der Waals surface area (Å²) in [5.74, 6) is 0. The van der Waals surface area contributed by atoms with Crippen molar-refractivity contribution in [3.63, 3.8) is 0 Å². The van der Waals surface area contributed by atoms with Crippen molar-refractivity contribution in [3.05, 3.63) is 9.47 Å². The van der Waals surface area contributed by atoms with E-state index in [1.165, 1.54) is 0 Å². The standard InChI is InChI=1S/C4H5Br2N3O/c1-10-2-9-4(6)7-3(5)8-9/h2H2,1H3. The molecule has 0 aliphatic rings. The molecule has 0 aliphatic carbocycles. The van der Waals surface area contributed by atoms with Crippen LogP contribution in [0.1, 0.15) is 0 Å². The van der Waals surface area contributed by atoms with Crippen LogP contribution in [0.4, 0.5) is 0 Å². The van der Waals surface area contributed by atoms with Crippen LogP contribution in [0.3, 0.4) is 0 Å². The summed E-state index contributed by atoms with van der Waals surface area (Å²) in [4.78, 5) is 3.93. The van der Waals surface area contributed by atoms with Gasteiger partial charge in [-0.05, 0) is 31.9 Å². The lowest BCUT2D eigenvalue weighted by molar-refractivity contribution is 0.118. The van der Waals surface area contributed by atoms with Crippen LogP contribution in [-0.4, -0.2) is 21.9 Å². The van der Waals surface area contributed by atoms with Crippen LogP contribution in [0.25, 0.3) is 0 Å². The van der Waals surface area contributed by atoms with Gasteiger partial charge in [-0.2, -0.15) is 4.98 Å². The highest BCUT2D eigenvalue weighted by Crippen LogP contribution is 2.10. The second-order valence-corrected chi connectivity index (χ2v) is 2.99. The lowest BCUT2D eigenvalue weighted by Gasteiger charge is -1.96. The zero-order chi connectivity index (χ0) is 7.56. The van der Waals surface area contributed by atoms with Gasteiger partial charge in [0.1, 0.15) is 6.73 Å². The molecule has 0 saturated carbocycles. The quantitative estimate of drug-likeness (QED) is 0.816. The molecule has 0 radical (unpaired) electrons. The van der Waals surface area contributed by atoms with E-state index >= 15 is 0 Å². The Balaban J connectivity index is 2.81. The second kappa shape index (κ2) is 3.45. The molecule has 0 spiro atoms. The first kappa shape index (κ1) is 8.16. The summed E-state index contributed by atoms with van der Waals surface area (Å²) >= 11 is 6.32. The van der Waals surface area contributed by atoms with E-state index in [1.54, 1.807) is 11.8 Å². The monoisotopic (exact) mass is 269 g/mol. The highest BCUT2D eigenvalue weighted by molar-refractivity contribution is 9.11. The molecule has 10 heavy (non-hydrogen) atoms. The molecule has 0 unspecified atom stereocenters. The van der Waals surface area contributed by atoms with Gasteiger partial charge in [0, 0.05) is 7.11 Å². The number of methoxy groups -OCH3 is 1. The Hall–Kier alpha value is 0.0600. The van der Waals surface area contributed by atoms with Gasteiger partial charge in [-0.3, -0.25) is 0 Å². The molecule has 1 heterocycles. The third-order valence-electron chi connectivity index (χ3n) is 0.852. The molecule has 4 nitrogen and oxygen atoms in total. The molecule has 1 aromatic rings. The summed E-state index contributed by atoms with van der Waals surface area (Å²) in [6.07, 6.45) is 0. The molecular weight excluding hydrogens is 266 g/mol. The van der Waals surface area contributed by atoms with Crippen molar-refractivity contribution in [2.75, 3.05) is 7.11 Å². The van der Waals surface area contributed by atoms with Crippen molar-refractivity contribution in [3.8, 4) is 0 Å². The average molecular weight is 271 g/mol. The van der Waals surface area contributed by atoms with Crippen molar-refractivity contribution in [2.45, 2.75) is 6.73 Å². The Kier molecular flexibility index (Phi) is 2.82. The molecule has 56 valence electrons. The number of ether oxygens (including phenoxy) is 1. The first-order chi connectivity index (χ1) is 4.74. The largest absolute Gasteiger partial charge is 0.362 e. The van der Waals surface area contributed by atoms with Gasteiger partial charge >= 0.3 is 0 Å². The van der Waals surface area contributed by atoms with E-state index in [4.69, 9.17) is 4.74 Å². The predicted molar refractivity (Wildman–Crippen MR) is 42.4 cm³/mol. The molecule has 0 aliphatic heterocycles. The minimum atomic E-state index is 0.402. The minimum absolute atomic E-state index is 0.402. The first-order valence-corrected chi connectivity index (χ1v) is 4.07. The summed E-state index contributed by atoms with van der Waals surface area (Å²) in [7, 11) is 1.60. The van der Waals surface area contributed by atoms with E-state index < -0.39 is 0 Å². The first-order valence-electron chi connectivity index (χ1n) is 2.49. The van der Waals surface area contributed by atoms with Gasteiger partial charge in [-0.1, -0.05) is 0 Å². The average Bonchev–Trinajstić information content (AvgIpc) is 2.13. The van der Waals surface area contributed by atoms with Crippen LogP contribution in [0, 0.1) is 0 Å². The maximum Gasteiger partial charge on any atom is 0.218 e. The van der Waals surface area contributed by atoms with Gasteiger partial charge in [-0.15, -0.1) is 5.10 Å². The predicted octanol–water partition coefficient (Wildman–Crippen LogP) is 1.41. The second-order valence-electron chi connectivity index (χ2n) is 1.57. The maximum atomic E-state index is 4.83. The zero-order valence-electron chi connectivity index (χ0n) is 5.21. The van der Waals surface area contributed by atoms with Gasteiger partial charge in [0.15, 0.2) is 4.73 Å². The zero-order valence-corrected chi connectivity index (χ0v) is 8.38. The van der Waals surface area contributed by atoms with Crippen LogP contribution in [0.15, 0.2) is 9.47 Å². The Morgan fingerprint density at radius 1 is 1.60 bits per heavy atom. The van der Waals surface area contributed by atoms with Gasteiger partial charge in [0.2, 0.25) is 4.73 Å². The minimum Gasteiger partial charge on any atom is -0.362 e. The molecule has 6 heteroatoms. The number of hydrogen-bond donors (Lipinski definition) is 0. The highest BCUT2D eigenvalue weighted by Gasteiger charge is 2.02. The molecule has 0 aromatic carbocycles. The van der Waals surface area contributed by atoms with Gasteiger partial charge in [-0.25, -0.2) is 4.68 Å². The van der Waals surface area contributed by atoms with E-state index in [9.17, 15) is 0 Å². The van der Waals surface area contributed by atoms with Gasteiger partial charge < -0.3 is 4.74 Å². The summed E-state index contributed by atoms with van der Waals surface area (Å²) < 4.78 is 7.63. The number of halogens is 2. The molecule has 0 saturated heterocycles. The summed E-state index contributed by atoms with van der Waals surface area (Å²) in [5, 5.41) is 3.95. The van der Waals surface area contributed by atoms with Crippen LogP contribution in [0.5, 0.6) is 0 Å². The molecule has 1 rings (SSSR count). The fraction of sp³-hybridized carbons (Fsp3) is 0.500. The summed E-state index contributed by atoms with van der Waals surface area (Å²) in [6, 6.07) is 0. The Bertz CT molecular complexity index is 224. The van der Waals surface area contributed by atoms with Crippen molar-refractivity contribution < 1.29 is 4.74 Å². The lowest BCUT2D eigenvalue weighted by atomic mass is 11.1. The van der Waals surface area contributed by atoms with E-state index in [-0.39, 0.29) is 0 Å². The molecular formula is C4H5Br2N3O.